The second-order valence-corrected chi connectivity index (χ2v) is 3.78. The van der Waals surface area contributed by atoms with Crippen molar-refractivity contribution in [1.29, 1.82) is 0 Å². The first-order valence-electron chi connectivity index (χ1n) is 4.80. The summed E-state index contributed by atoms with van der Waals surface area (Å²) >= 11 is 5.75. The maximum absolute atomic E-state index is 11.8. The Morgan fingerprint density at radius 1 is 1.39 bits per heavy atom. The molecule has 102 valence electrons. The van der Waals surface area contributed by atoms with Crippen LogP contribution < -0.4 is 10.2 Å². The second kappa shape index (κ2) is 6.12. The molecule has 0 aliphatic heterocycles. The monoisotopic (exact) mass is 285 g/mol. The molecule has 8 heteroatoms. The summed E-state index contributed by atoms with van der Waals surface area (Å²) in [5.74, 6) is -0.0693. The molecule has 0 radical (unpaired) electrons. The molecule has 1 aromatic rings. The largest absolute Gasteiger partial charge is 0.504 e. The van der Waals surface area contributed by atoms with Crippen LogP contribution in [-0.2, 0) is 11.4 Å². The van der Waals surface area contributed by atoms with Crippen molar-refractivity contribution in [3.05, 3.63) is 22.7 Å². The molecule has 0 saturated heterocycles. The number of rotatable bonds is 5. The maximum Gasteiger partial charge on any atom is 0.413 e. The minimum absolute atomic E-state index is 0.134. The van der Waals surface area contributed by atoms with Crippen LogP contribution in [0.2, 0.25) is 5.02 Å². The molecule has 2 N–H and O–H groups in total. The molecule has 0 atom stereocenters. The van der Waals surface area contributed by atoms with Gasteiger partial charge in [0.05, 0.1) is 7.11 Å². The summed E-state index contributed by atoms with van der Waals surface area (Å²) in [6.45, 7) is -1.57. The summed E-state index contributed by atoms with van der Waals surface area (Å²) in [6, 6.07) is 2.78. The fourth-order valence-electron chi connectivity index (χ4n) is 1.18. The molecule has 0 spiro atoms. The molecule has 18 heavy (non-hydrogen) atoms. The minimum atomic E-state index is -4.42. The van der Waals surface area contributed by atoms with E-state index in [1.54, 1.807) is 0 Å². The zero-order valence-corrected chi connectivity index (χ0v) is 10.1. The Labute approximate surface area is 106 Å². The van der Waals surface area contributed by atoms with Gasteiger partial charge in [0.1, 0.15) is 0 Å². The summed E-state index contributed by atoms with van der Waals surface area (Å²) in [7, 11) is 1.34. The third-order valence-corrected chi connectivity index (χ3v) is 2.16. The zero-order chi connectivity index (χ0) is 13.8. The number of hydroxylamine groups is 1. The van der Waals surface area contributed by atoms with Gasteiger partial charge in [0.15, 0.2) is 18.1 Å². The first-order valence-corrected chi connectivity index (χ1v) is 5.18. The Morgan fingerprint density at radius 2 is 2.06 bits per heavy atom. The molecule has 0 aliphatic carbocycles. The lowest BCUT2D eigenvalue weighted by atomic mass is 10.2. The molecule has 0 amide bonds. The quantitative estimate of drug-likeness (QED) is 0.645. The number of phenolic OH excluding ortho intramolecular Hbond substituents is 1. The fourth-order valence-corrected chi connectivity index (χ4v) is 1.41. The summed E-state index contributed by atoms with van der Waals surface area (Å²) in [5, 5.41) is 9.96. The number of phenols is 1. The van der Waals surface area contributed by atoms with Crippen LogP contribution in [0.3, 0.4) is 0 Å². The number of halogens is 4. The summed E-state index contributed by atoms with van der Waals surface area (Å²) in [6.07, 6.45) is -4.42. The third kappa shape index (κ3) is 4.59. The van der Waals surface area contributed by atoms with Crippen molar-refractivity contribution >= 4 is 11.6 Å². The van der Waals surface area contributed by atoms with E-state index in [0.29, 0.717) is 0 Å². The van der Waals surface area contributed by atoms with E-state index in [9.17, 15) is 18.3 Å². The van der Waals surface area contributed by atoms with Gasteiger partial charge in [0.2, 0.25) is 0 Å². The SMILES string of the molecule is COc1cc(Cl)cc(CNOCC(F)(F)F)c1O. The summed E-state index contributed by atoms with van der Waals surface area (Å²) < 4.78 is 40.2. The fraction of sp³-hybridized carbons (Fsp3) is 0.400. The predicted molar refractivity (Wildman–Crippen MR) is 58.5 cm³/mol. The van der Waals surface area contributed by atoms with E-state index in [2.05, 4.69) is 10.3 Å². The summed E-state index contributed by atoms with van der Waals surface area (Å²) in [5.41, 5.74) is 2.35. The molecule has 1 rings (SSSR count). The smallest absolute Gasteiger partial charge is 0.413 e. The van der Waals surface area contributed by atoms with Gasteiger partial charge in [-0.25, -0.2) is 0 Å². The lowest BCUT2D eigenvalue weighted by Crippen LogP contribution is -2.24. The molecule has 1 aromatic carbocycles. The highest BCUT2D eigenvalue weighted by Crippen LogP contribution is 2.33. The number of benzene rings is 1. The molecule has 0 saturated carbocycles. The molecule has 0 aliphatic rings. The Kier molecular flexibility index (Phi) is 5.06. The van der Waals surface area contributed by atoms with Crippen LogP contribution in [0.4, 0.5) is 13.2 Å². The number of aromatic hydroxyl groups is 1. The molecule has 0 fully saturated rings. The van der Waals surface area contributed by atoms with Crippen LogP contribution in [0.25, 0.3) is 0 Å². The van der Waals surface area contributed by atoms with Crippen LogP contribution >= 0.6 is 11.6 Å². The van der Waals surface area contributed by atoms with Crippen molar-refractivity contribution in [3.63, 3.8) is 0 Å². The number of methoxy groups -OCH3 is 1. The Hall–Kier alpha value is -1.18. The molecule has 0 unspecified atom stereocenters. The number of nitrogens with one attached hydrogen (secondary N) is 1. The van der Waals surface area contributed by atoms with E-state index < -0.39 is 12.8 Å². The van der Waals surface area contributed by atoms with E-state index in [4.69, 9.17) is 16.3 Å². The van der Waals surface area contributed by atoms with Gasteiger partial charge in [-0.3, -0.25) is 4.84 Å². The Balaban J connectivity index is 2.59. The topological polar surface area (TPSA) is 50.7 Å². The molecule has 0 bridgehead atoms. The zero-order valence-electron chi connectivity index (χ0n) is 9.34. The number of hydrogen-bond donors (Lipinski definition) is 2. The maximum atomic E-state index is 11.8. The van der Waals surface area contributed by atoms with Gasteiger partial charge in [-0.15, -0.1) is 0 Å². The average molecular weight is 286 g/mol. The van der Waals surface area contributed by atoms with Crippen LogP contribution in [0.5, 0.6) is 11.5 Å². The number of ether oxygens (including phenoxy) is 1. The van der Waals surface area contributed by atoms with Crippen molar-refractivity contribution in [3.8, 4) is 11.5 Å². The van der Waals surface area contributed by atoms with Crippen LogP contribution in [0.1, 0.15) is 5.56 Å². The van der Waals surface area contributed by atoms with Crippen LogP contribution in [-0.4, -0.2) is 25.0 Å². The van der Waals surface area contributed by atoms with Crippen molar-refractivity contribution in [2.75, 3.05) is 13.7 Å². The highest BCUT2D eigenvalue weighted by atomic mass is 35.5. The lowest BCUT2D eigenvalue weighted by Gasteiger charge is -2.11. The first-order chi connectivity index (χ1) is 8.33. The van der Waals surface area contributed by atoms with Gasteiger partial charge in [0.25, 0.3) is 0 Å². The standard InChI is InChI=1S/C10H11ClF3NO3/c1-17-8-3-7(11)2-6(9(8)16)4-15-18-5-10(12,13)14/h2-3,15-16H,4-5H2,1H3. The first kappa shape index (κ1) is 14.9. The average Bonchev–Trinajstić information content (AvgIpc) is 2.27. The molecular formula is C10H11ClF3NO3. The number of hydrogen-bond acceptors (Lipinski definition) is 4. The molecule has 0 aromatic heterocycles. The second-order valence-electron chi connectivity index (χ2n) is 3.34. The van der Waals surface area contributed by atoms with Crippen LogP contribution in [0, 0.1) is 0 Å². The van der Waals surface area contributed by atoms with Crippen molar-refractivity contribution in [1.82, 2.24) is 5.48 Å². The Morgan fingerprint density at radius 3 is 2.61 bits per heavy atom. The van der Waals surface area contributed by atoms with Gasteiger partial charge in [-0.2, -0.15) is 18.7 Å². The highest BCUT2D eigenvalue weighted by Gasteiger charge is 2.27. The Bertz CT molecular complexity index is 412. The predicted octanol–water partition coefficient (Wildman–Crippen LogP) is 2.64. The lowest BCUT2D eigenvalue weighted by molar-refractivity contribution is -0.190. The van der Waals surface area contributed by atoms with Crippen molar-refractivity contribution < 1.29 is 27.9 Å². The van der Waals surface area contributed by atoms with Crippen molar-refractivity contribution in [2.24, 2.45) is 0 Å². The minimum Gasteiger partial charge on any atom is -0.504 e. The van der Waals surface area contributed by atoms with E-state index in [1.165, 1.54) is 19.2 Å². The van der Waals surface area contributed by atoms with E-state index in [-0.39, 0.29) is 28.6 Å². The normalized spacial score (nSPS) is 11.6. The van der Waals surface area contributed by atoms with Crippen molar-refractivity contribution in [2.45, 2.75) is 12.7 Å². The van der Waals surface area contributed by atoms with E-state index in [0.717, 1.165) is 0 Å². The number of alkyl halides is 3. The van der Waals surface area contributed by atoms with Gasteiger partial charge in [-0.1, -0.05) is 11.6 Å². The van der Waals surface area contributed by atoms with Gasteiger partial charge in [0, 0.05) is 23.2 Å². The van der Waals surface area contributed by atoms with Crippen LogP contribution in [0.15, 0.2) is 12.1 Å². The summed E-state index contributed by atoms with van der Waals surface area (Å²) in [4.78, 5) is 4.20. The van der Waals surface area contributed by atoms with E-state index in [1.807, 2.05) is 0 Å². The van der Waals surface area contributed by atoms with Gasteiger partial charge >= 0.3 is 6.18 Å². The van der Waals surface area contributed by atoms with E-state index >= 15 is 0 Å². The third-order valence-electron chi connectivity index (χ3n) is 1.94. The molecular weight excluding hydrogens is 275 g/mol. The molecule has 0 heterocycles. The molecule has 4 nitrogen and oxygen atoms in total. The highest BCUT2D eigenvalue weighted by molar-refractivity contribution is 6.30. The van der Waals surface area contributed by atoms with Gasteiger partial charge in [-0.05, 0) is 6.07 Å². The van der Waals surface area contributed by atoms with Gasteiger partial charge < -0.3 is 9.84 Å².